The van der Waals surface area contributed by atoms with Crippen LogP contribution in [0.1, 0.15) is 18.3 Å². The molecule has 3 aromatic rings. The van der Waals surface area contributed by atoms with Crippen LogP contribution in [-0.4, -0.2) is 15.9 Å². The van der Waals surface area contributed by atoms with Crippen LogP contribution in [0.2, 0.25) is 0 Å². The molecular weight excluding hydrogens is 300 g/mol. The fourth-order valence-electron chi connectivity index (χ4n) is 2.35. The number of nitrogens with zero attached hydrogens (tertiary/aromatic N) is 1. The number of carbonyl (C=O) groups excluding carboxylic acids is 1. The van der Waals surface area contributed by atoms with Gasteiger partial charge in [-0.1, -0.05) is 13.0 Å². The number of halogens is 2. The molecule has 1 aromatic heterocycles. The van der Waals surface area contributed by atoms with Crippen molar-refractivity contribution in [2.75, 3.05) is 5.32 Å². The van der Waals surface area contributed by atoms with Gasteiger partial charge in [-0.3, -0.25) is 4.79 Å². The topological polar surface area (TPSA) is 57.8 Å². The quantitative estimate of drug-likeness (QED) is 0.773. The van der Waals surface area contributed by atoms with Crippen LogP contribution < -0.4 is 5.32 Å². The molecule has 0 fully saturated rings. The third-order valence-electron chi connectivity index (χ3n) is 3.50. The van der Waals surface area contributed by atoms with Crippen molar-refractivity contribution in [1.82, 2.24) is 9.97 Å². The van der Waals surface area contributed by atoms with Gasteiger partial charge in [0, 0.05) is 18.2 Å². The summed E-state index contributed by atoms with van der Waals surface area (Å²) in [5.41, 5.74) is 2.76. The molecule has 2 aromatic carbocycles. The van der Waals surface area contributed by atoms with Crippen LogP contribution in [0, 0.1) is 11.6 Å². The monoisotopic (exact) mass is 315 g/mol. The van der Waals surface area contributed by atoms with Gasteiger partial charge in [0.25, 0.3) is 0 Å². The summed E-state index contributed by atoms with van der Waals surface area (Å²) in [6.07, 6.45) is 0.941. The molecule has 0 aliphatic carbocycles. The summed E-state index contributed by atoms with van der Waals surface area (Å²) < 4.78 is 26.0. The Kier molecular flexibility index (Phi) is 4.06. The average molecular weight is 315 g/mol. The predicted molar refractivity (Wildman–Crippen MR) is 84.2 cm³/mol. The maximum absolute atomic E-state index is 13.1. The number of aryl methyl sites for hydroxylation is 1. The lowest BCUT2D eigenvalue weighted by Crippen LogP contribution is -2.14. The molecule has 0 spiro atoms. The van der Waals surface area contributed by atoms with Crippen molar-refractivity contribution in [3.05, 3.63) is 59.4 Å². The highest BCUT2D eigenvalue weighted by Crippen LogP contribution is 2.16. The van der Waals surface area contributed by atoms with E-state index < -0.39 is 11.6 Å². The minimum Gasteiger partial charge on any atom is -0.342 e. The van der Waals surface area contributed by atoms with E-state index in [2.05, 4.69) is 15.3 Å². The number of aromatic amines is 1. The normalized spacial score (nSPS) is 10.9. The maximum Gasteiger partial charge on any atom is 0.228 e. The number of aromatic nitrogens is 2. The standard InChI is InChI=1S/C17H15F2N3O/c1-2-16-21-14-6-3-10(7-15(14)22-16)8-17(23)20-11-4-5-12(18)13(19)9-11/h3-7,9H,2,8H2,1H3,(H,20,23)(H,21,22). The highest BCUT2D eigenvalue weighted by atomic mass is 19.2. The van der Waals surface area contributed by atoms with Crippen LogP contribution in [-0.2, 0) is 17.6 Å². The summed E-state index contributed by atoms with van der Waals surface area (Å²) in [5, 5.41) is 2.55. The van der Waals surface area contributed by atoms with E-state index in [-0.39, 0.29) is 18.0 Å². The number of nitrogens with one attached hydrogen (secondary N) is 2. The number of carbonyl (C=O) groups is 1. The molecule has 1 amide bonds. The lowest BCUT2D eigenvalue weighted by atomic mass is 10.1. The summed E-state index contributed by atoms with van der Waals surface area (Å²) in [5.74, 6) is -1.35. The zero-order valence-electron chi connectivity index (χ0n) is 12.5. The van der Waals surface area contributed by atoms with E-state index in [0.29, 0.717) is 0 Å². The summed E-state index contributed by atoms with van der Waals surface area (Å²) in [6, 6.07) is 8.81. The summed E-state index contributed by atoms with van der Waals surface area (Å²) in [4.78, 5) is 19.6. The van der Waals surface area contributed by atoms with Crippen molar-refractivity contribution >= 4 is 22.6 Å². The second-order valence-corrected chi connectivity index (χ2v) is 5.24. The largest absolute Gasteiger partial charge is 0.342 e. The molecule has 1 heterocycles. The number of benzene rings is 2. The summed E-state index contributed by atoms with van der Waals surface area (Å²) >= 11 is 0. The zero-order chi connectivity index (χ0) is 16.4. The molecule has 3 rings (SSSR count). The number of fused-ring (bicyclic) bond motifs is 1. The van der Waals surface area contributed by atoms with Crippen molar-refractivity contribution in [3.8, 4) is 0 Å². The van der Waals surface area contributed by atoms with Gasteiger partial charge in [0.15, 0.2) is 11.6 Å². The molecule has 0 unspecified atom stereocenters. The van der Waals surface area contributed by atoms with Crippen LogP contribution in [0.5, 0.6) is 0 Å². The van der Waals surface area contributed by atoms with Crippen molar-refractivity contribution in [1.29, 1.82) is 0 Å². The lowest BCUT2D eigenvalue weighted by molar-refractivity contribution is -0.115. The van der Waals surface area contributed by atoms with Crippen molar-refractivity contribution in [2.24, 2.45) is 0 Å². The minimum absolute atomic E-state index is 0.134. The predicted octanol–water partition coefficient (Wildman–Crippen LogP) is 3.58. The highest BCUT2D eigenvalue weighted by Gasteiger charge is 2.09. The van der Waals surface area contributed by atoms with Gasteiger partial charge in [-0.15, -0.1) is 0 Å². The summed E-state index contributed by atoms with van der Waals surface area (Å²) in [7, 11) is 0. The first kappa shape index (κ1) is 15.1. The summed E-state index contributed by atoms with van der Waals surface area (Å²) in [6.45, 7) is 2.01. The van der Waals surface area contributed by atoms with Gasteiger partial charge in [0.2, 0.25) is 5.91 Å². The molecule has 0 atom stereocenters. The third kappa shape index (κ3) is 3.36. The second kappa shape index (κ2) is 6.16. The Balaban J connectivity index is 1.72. The Hall–Kier alpha value is -2.76. The zero-order valence-corrected chi connectivity index (χ0v) is 12.5. The molecule has 0 saturated carbocycles. The van der Waals surface area contributed by atoms with E-state index in [9.17, 15) is 13.6 Å². The van der Waals surface area contributed by atoms with Gasteiger partial charge in [0.1, 0.15) is 5.82 Å². The van der Waals surface area contributed by atoms with E-state index in [0.717, 1.165) is 41.0 Å². The fraction of sp³-hybridized carbons (Fsp3) is 0.176. The SMILES string of the molecule is CCc1nc2ccc(CC(=O)Nc3ccc(F)c(F)c3)cc2[nH]1. The molecule has 0 radical (unpaired) electrons. The lowest BCUT2D eigenvalue weighted by Gasteiger charge is -2.06. The van der Waals surface area contributed by atoms with Crippen LogP contribution in [0.4, 0.5) is 14.5 Å². The maximum atomic E-state index is 13.1. The van der Waals surface area contributed by atoms with Gasteiger partial charge in [-0.05, 0) is 29.8 Å². The van der Waals surface area contributed by atoms with Gasteiger partial charge < -0.3 is 10.3 Å². The number of imidazole rings is 1. The van der Waals surface area contributed by atoms with Gasteiger partial charge in [-0.25, -0.2) is 13.8 Å². The Morgan fingerprint density at radius 3 is 2.74 bits per heavy atom. The van der Waals surface area contributed by atoms with Crippen LogP contribution >= 0.6 is 0 Å². The van der Waals surface area contributed by atoms with E-state index in [1.807, 2.05) is 25.1 Å². The average Bonchev–Trinajstić information content (AvgIpc) is 2.93. The van der Waals surface area contributed by atoms with E-state index in [1.54, 1.807) is 0 Å². The number of hydrogen-bond acceptors (Lipinski definition) is 2. The van der Waals surface area contributed by atoms with E-state index in [4.69, 9.17) is 0 Å². The van der Waals surface area contributed by atoms with E-state index >= 15 is 0 Å². The van der Waals surface area contributed by atoms with Crippen molar-refractivity contribution < 1.29 is 13.6 Å². The fourth-order valence-corrected chi connectivity index (χ4v) is 2.35. The molecule has 0 aliphatic heterocycles. The molecule has 0 bridgehead atoms. The van der Waals surface area contributed by atoms with E-state index in [1.165, 1.54) is 6.07 Å². The number of rotatable bonds is 4. The number of hydrogen-bond donors (Lipinski definition) is 2. The van der Waals surface area contributed by atoms with Crippen molar-refractivity contribution in [2.45, 2.75) is 19.8 Å². The van der Waals surface area contributed by atoms with Crippen molar-refractivity contribution in [3.63, 3.8) is 0 Å². The molecule has 4 nitrogen and oxygen atoms in total. The molecule has 2 N–H and O–H groups in total. The molecular formula is C17H15F2N3O. The number of H-pyrrole nitrogens is 1. The van der Waals surface area contributed by atoms with Gasteiger partial charge >= 0.3 is 0 Å². The molecule has 6 heteroatoms. The Labute approximate surface area is 131 Å². The number of amides is 1. The van der Waals surface area contributed by atoms with Gasteiger partial charge in [-0.2, -0.15) is 0 Å². The molecule has 118 valence electrons. The number of anilines is 1. The van der Waals surface area contributed by atoms with Crippen LogP contribution in [0.15, 0.2) is 36.4 Å². The molecule has 0 aliphatic rings. The van der Waals surface area contributed by atoms with Crippen LogP contribution in [0.25, 0.3) is 11.0 Å². The Bertz CT molecular complexity index is 873. The Morgan fingerprint density at radius 2 is 2.00 bits per heavy atom. The first-order valence-electron chi connectivity index (χ1n) is 7.27. The smallest absolute Gasteiger partial charge is 0.228 e. The Morgan fingerprint density at radius 1 is 1.17 bits per heavy atom. The second-order valence-electron chi connectivity index (χ2n) is 5.24. The first-order valence-corrected chi connectivity index (χ1v) is 7.27. The molecule has 23 heavy (non-hydrogen) atoms. The minimum atomic E-state index is -0.992. The highest BCUT2D eigenvalue weighted by molar-refractivity contribution is 5.92. The third-order valence-corrected chi connectivity index (χ3v) is 3.50. The van der Waals surface area contributed by atoms with Gasteiger partial charge in [0.05, 0.1) is 17.5 Å². The molecule has 0 saturated heterocycles. The first-order chi connectivity index (χ1) is 11.0. The van der Waals surface area contributed by atoms with Crippen LogP contribution in [0.3, 0.4) is 0 Å².